The molecule has 2 rings (SSSR count). The van der Waals surface area contributed by atoms with Gasteiger partial charge in [0.15, 0.2) is 9.84 Å². The Morgan fingerprint density at radius 3 is 2.75 bits per heavy atom. The summed E-state index contributed by atoms with van der Waals surface area (Å²) in [5.74, 6) is 0.867. The molecule has 1 atom stereocenters. The lowest BCUT2D eigenvalue weighted by Crippen LogP contribution is -2.32. The Bertz CT molecular complexity index is 583. The van der Waals surface area contributed by atoms with E-state index in [2.05, 4.69) is 10.3 Å². The fourth-order valence-corrected chi connectivity index (χ4v) is 3.97. The summed E-state index contributed by atoms with van der Waals surface area (Å²) in [6.07, 6.45) is 2.70. The molecule has 20 heavy (non-hydrogen) atoms. The number of rotatable bonds is 4. The number of aromatic nitrogens is 1. The van der Waals surface area contributed by atoms with Crippen molar-refractivity contribution in [3.05, 3.63) is 18.3 Å². The molecule has 0 bridgehead atoms. The summed E-state index contributed by atoms with van der Waals surface area (Å²) in [5, 5.41) is 2.68. The second-order valence-electron chi connectivity index (χ2n) is 4.97. The Kier molecular flexibility index (Phi) is 4.27. The molecule has 0 saturated carbocycles. The summed E-state index contributed by atoms with van der Waals surface area (Å²) < 4.78 is 23.0. The molecule has 0 radical (unpaired) electrons. The summed E-state index contributed by atoms with van der Waals surface area (Å²) in [5.41, 5.74) is 0.849. The van der Waals surface area contributed by atoms with E-state index in [1.165, 1.54) is 0 Å². The quantitative estimate of drug-likeness (QED) is 0.898. The van der Waals surface area contributed by atoms with E-state index in [1.807, 2.05) is 18.0 Å². The highest BCUT2D eigenvalue weighted by molar-refractivity contribution is 7.91. The number of hydrogen-bond donors (Lipinski definition) is 1. The van der Waals surface area contributed by atoms with E-state index in [-0.39, 0.29) is 23.5 Å². The van der Waals surface area contributed by atoms with Crippen molar-refractivity contribution < 1.29 is 13.2 Å². The molecule has 1 aromatic rings. The summed E-state index contributed by atoms with van der Waals surface area (Å²) in [7, 11) is -1.03. The van der Waals surface area contributed by atoms with Crippen molar-refractivity contribution >= 4 is 27.2 Å². The van der Waals surface area contributed by atoms with Crippen LogP contribution < -0.4 is 10.2 Å². The first-order valence-electron chi connectivity index (χ1n) is 6.60. The highest BCUT2D eigenvalue weighted by atomic mass is 32.2. The van der Waals surface area contributed by atoms with Crippen LogP contribution in [0.3, 0.4) is 0 Å². The van der Waals surface area contributed by atoms with E-state index in [9.17, 15) is 13.2 Å². The van der Waals surface area contributed by atoms with Gasteiger partial charge in [-0.25, -0.2) is 13.4 Å². The second kappa shape index (κ2) is 5.78. The van der Waals surface area contributed by atoms with Gasteiger partial charge in [0.2, 0.25) is 5.91 Å². The number of carbonyl (C=O) groups is 1. The van der Waals surface area contributed by atoms with E-state index in [0.717, 1.165) is 5.69 Å². The van der Waals surface area contributed by atoms with Crippen LogP contribution >= 0.6 is 0 Å². The predicted octanol–water partition coefficient (Wildman–Crippen LogP) is 1.05. The minimum absolute atomic E-state index is 0.00196. The van der Waals surface area contributed by atoms with Gasteiger partial charge in [0.25, 0.3) is 0 Å². The van der Waals surface area contributed by atoms with Gasteiger partial charge in [-0.3, -0.25) is 4.79 Å². The minimum atomic E-state index is -2.90. The van der Waals surface area contributed by atoms with Crippen LogP contribution in [-0.4, -0.2) is 43.9 Å². The fourth-order valence-electron chi connectivity index (χ4n) is 2.19. The lowest BCUT2D eigenvalue weighted by atomic mass is 10.2. The van der Waals surface area contributed by atoms with Gasteiger partial charge in [0.05, 0.1) is 23.4 Å². The average molecular weight is 297 g/mol. The smallest absolute Gasteiger partial charge is 0.225 e. The number of nitrogens with zero attached hydrogens (tertiary/aromatic N) is 2. The molecule has 6 nitrogen and oxygen atoms in total. The number of pyridine rings is 1. The van der Waals surface area contributed by atoms with Gasteiger partial charge >= 0.3 is 0 Å². The lowest BCUT2D eigenvalue weighted by molar-refractivity contribution is -0.115. The van der Waals surface area contributed by atoms with Gasteiger partial charge in [0.1, 0.15) is 5.82 Å². The average Bonchev–Trinajstić information content (AvgIpc) is 2.79. The lowest BCUT2D eigenvalue weighted by Gasteiger charge is -2.25. The first kappa shape index (κ1) is 14.8. The second-order valence-corrected chi connectivity index (χ2v) is 7.20. The fraction of sp³-hybridized carbons (Fsp3) is 0.538. The van der Waals surface area contributed by atoms with Crippen molar-refractivity contribution in [1.82, 2.24) is 4.98 Å². The molecule has 0 spiro atoms. The van der Waals surface area contributed by atoms with Crippen molar-refractivity contribution in [3.63, 3.8) is 0 Å². The zero-order chi connectivity index (χ0) is 14.8. The van der Waals surface area contributed by atoms with Crippen LogP contribution in [0.4, 0.5) is 11.5 Å². The SMILES string of the molecule is CCC(=O)Nc1ccc(N(C)C2CCS(=O)(=O)C2)cn1. The van der Waals surface area contributed by atoms with Crippen LogP contribution in [0, 0.1) is 0 Å². The van der Waals surface area contributed by atoms with Crippen LogP contribution in [0.1, 0.15) is 19.8 Å². The van der Waals surface area contributed by atoms with Crippen molar-refractivity contribution in [2.75, 3.05) is 28.8 Å². The highest BCUT2D eigenvalue weighted by Crippen LogP contribution is 2.23. The van der Waals surface area contributed by atoms with Crippen molar-refractivity contribution in [3.8, 4) is 0 Å². The molecule has 1 aliphatic rings. The van der Waals surface area contributed by atoms with Crippen molar-refractivity contribution in [2.24, 2.45) is 0 Å². The molecule has 110 valence electrons. The molecule has 0 aliphatic carbocycles. The van der Waals surface area contributed by atoms with Gasteiger partial charge in [-0.15, -0.1) is 0 Å². The molecule has 1 aromatic heterocycles. The summed E-state index contributed by atoms with van der Waals surface area (Å²) >= 11 is 0. The Hall–Kier alpha value is -1.63. The minimum Gasteiger partial charge on any atom is -0.369 e. The van der Waals surface area contributed by atoms with Gasteiger partial charge in [0, 0.05) is 19.5 Å². The summed E-state index contributed by atoms with van der Waals surface area (Å²) in [6.45, 7) is 1.78. The predicted molar refractivity (Wildman–Crippen MR) is 78.6 cm³/mol. The molecule has 0 aromatic carbocycles. The summed E-state index contributed by atoms with van der Waals surface area (Å²) in [6, 6.07) is 3.56. The van der Waals surface area contributed by atoms with Gasteiger partial charge in [-0.1, -0.05) is 6.92 Å². The van der Waals surface area contributed by atoms with Crippen LogP contribution in [0.5, 0.6) is 0 Å². The maximum atomic E-state index is 11.5. The molecule has 1 fully saturated rings. The maximum absolute atomic E-state index is 11.5. The number of nitrogens with one attached hydrogen (secondary N) is 1. The van der Waals surface area contributed by atoms with Crippen LogP contribution in [0.25, 0.3) is 0 Å². The number of hydrogen-bond acceptors (Lipinski definition) is 5. The Morgan fingerprint density at radius 1 is 1.50 bits per heavy atom. The number of carbonyl (C=O) groups excluding carboxylic acids is 1. The normalized spacial score (nSPS) is 20.6. The van der Waals surface area contributed by atoms with E-state index in [0.29, 0.717) is 18.7 Å². The van der Waals surface area contributed by atoms with Gasteiger partial charge < -0.3 is 10.2 Å². The third-order valence-corrected chi connectivity index (χ3v) is 5.25. The molecule has 1 aliphatic heterocycles. The first-order chi connectivity index (χ1) is 9.41. The van der Waals surface area contributed by atoms with Crippen LogP contribution in [-0.2, 0) is 14.6 Å². The molecular weight excluding hydrogens is 278 g/mol. The van der Waals surface area contributed by atoms with Crippen molar-refractivity contribution in [1.29, 1.82) is 0 Å². The molecule has 1 saturated heterocycles. The standard InChI is InChI=1S/C13H19N3O3S/c1-3-13(17)15-12-5-4-10(8-14-12)16(2)11-6-7-20(18,19)9-11/h4-5,8,11H,3,6-7,9H2,1-2H3,(H,14,15,17). The maximum Gasteiger partial charge on any atom is 0.225 e. The molecule has 1 unspecified atom stereocenters. The van der Waals surface area contributed by atoms with E-state index < -0.39 is 9.84 Å². The van der Waals surface area contributed by atoms with Crippen LogP contribution in [0.2, 0.25) is 0 Å². The van der Waals surface area contributed by atoms with E-state index in [1.54, 1.807) is 19.2 Å². The Balaban J connectivity index is 2.04. The first-order valence-corrected chi connectivity index (χ1v) is 8.42. The van der Waals surface area contributed by atoms with Gasteiger partial charge in [-0.2, -0.15) is 0 Å². The molecule has 1 N–H and O–H groups in total. The Labute approximate surface area is 119 Å². The number of sulfone groups is 1. The Morgan fingerprint density at radius 2 is 2.25 bits per heavy atom. The highest BCUT2D eigenvalue weighted by Gasteiger charge is 2.30. The third kappa shape index (κ3) is 3.47. The number of anilines is 2. The van der Waals surface area contributed by atoms with Crippen molar-refractivity contribution in [2.45, 2.75) is 25.8 Å². The topological polar surface area (TPSA) is 79.4 Å². The monoisotopic (exact) mass is 297 g/mol. The number of amides is 1. The largest absolute Gasteiger partial charge is 0.369 e. The molecule has 1 amide bonds. The molecular formula is C13H19N3O3S. The van der Waals surface area contributed by atoms with Gasteiger partial charge in [-0.05, 0) is 18.6 Å². The van der Waals surface area contributed by atoms with Crippen LogP contribution in [0.15, 0.2) is 18.3 Å². The van der Waals surface area contributed by atoms with E-state index in [4.69, 9.17) is 0 Å². The zero-order valence-electron chi connectivity index (χ0n) is 11.7. The summed E-state index contributed by atoms with van der Waals surface area (Å²) in [4.78, 5) is 17.4. The molecule has 7 heteroatoms. The van der Waals surface area contributed by atoms with E-state index >= 15 is 0 Å². The third-order valence-electron chi connectivity index (χ3n) is 3.50. The molecule has 2 heterocycles. The zero-order valence-corrected chi connectivity index (χ0v) is 12.5.